The Hall–Kier alpha value is -2.60. The van der Waals surface area contributed by atoms with Gasteiger partial charge in [0, 0.05) is 52.1 Å². The first kappa shape index (κ1) is 26.5. The summed E-state index contributed by atoms with van der Waals surface area (Å²) < 4.78 is 20.7. The Morgan fingerprint density at radius 1 is 1.03 bits per heavy atom. The lowest BCUT2D eigenvalue weighted by Gasteiger charge is -2.43. The number of nitrogens with zero attached hydrogens (tertiary/aromatic N) is 3. The largest absolute Gasteiger partial charge is 0.495 e. The van der Waals surface area contributed by atoms with Gasteiger partial charge in [0.1, 0.15) is 11.6 Å². The van der Waals surface area contributed by atoms with Crippen LogP contribution < -0.4 is 9.64 Å². The van der Waals surface area contributed by atoms with Gasteiger partial charge in [0.05, 0.1) is 12.8 Å². The molecule has 0 spiro atoms. The molecule has 0 radical (unpaired) electrons. The van der Waals surface area contributed by atoms with Crippen LogP contribution in [0.1, 0.15) is 56.9 Å². The molecule has 1 aliphatic heterocycles. The molecule has 4 rings (SSSR count). The number of para-hydroxylation sites is 2. The molecule has 36 heavy (non-hydrogen) atoms. The SMILES string of the molecule is COc1ccccc1N1CCN(CCC(c2ccccc2F)C(C2CCCCC2)N(C)C(C)=O)CC1. The molecular weight excluding hydrogens is 453 g/mol. The fourth-order valence-corrected chi connectivity index (χ4v) is 6.31. The molecule has 1 aliphatic carbocycles. The lowest BCUT2D eigenvalue weighted by atomic mass is 9.74. The number of anilines is 1. The third kappa shape index (κ3) is 6.20. The number of ether oxygens (including phenoxy) is 1. The highest BCUT2D eigenvalue weighted by molar-refractivity contribution is 5.73. The lowest BCUT2D eigenvalue weighted by Crippen LogP contribution is -2.49. The summed E-state index contributed by atoms with van der Waals surface area (Å²) in [7, 11) is 3.64. The monoisotopic (exact) mass is 495 g/mol. The van der Waals surface area contributed by atoms with Crippen molar-refractivity contribution < 1.29 is 13.9 Å². The minimum Gasteiger partial charge on any atom is -0.495 e. The summed E-state index contributed by atoms with van der Waals surface area (Å²) in [5.41, 5.74) is 1.90. The van der Waals surface area contributed by atoms with Crippen LogP contribution >= 0.6 is 0 Å². The third-order valence-electron chi connectivity index (χ3n) is 8.35. The molecule has 0 bridgehead atoms. The van der Waals surface area contributed by atoms with Crippen molar-refractivity contribution >= 4 is 11.6 Å². The van der Waals surface area contributed by atoms with Crippen molar-refractivity contribution in [3.05, 3.63) is 59.9 Å². The molecule has 5 nitrogen and oxygen atoms in total. The number of hydrogen-bond acceptors (Lipinski definition) is 4. The topological polar surface area (TPSA) is 36.0 Å². The number of likely N-dealkylation sites (N-methyl/N-ethyl adjacent to an activating group) is 1. The molecule has 2 aliphatic rings. The van der Waals surface area contributed by atoms with E-state index in [1.54, 1.807) is 26.2 Å². The average Bonchev–Trinajstić information content (AvgIpc) is 2.92. The number of amides is 1. The number of benzene rings is 2. The average molecular weight is 496 g/mol. The standard InChI is InChI=1S/C30H42FN3O2/c1-23(35)32(2)30(24-11-5-4-6-12-24)26(25-13-7-8-14-27(25)31)17-18-33-19-21-34(22-20-33)28-15-9-10-16-29(28)36-3/h7-10,13-16,24,26,30H,4-6,11-12,17-22H2,1-3H3. The second-order valence-corrected chi connectivity index (χ2v) is 10.4. The van der Waals surface area contributed by atoms with Crippen molar-refractivity contribution in [1.82, 2.24) is 9.80 Å². The van der Waals surface area contributed by atoms with Crippen LogP contribution in [0.3, 0.4) is 0 Å². The molecule has 2 aromatic rings. The van der Waals surface area contributed by atoms with E-state index in [0.29, 0.717) is 5.92 Å². The second-order valence-electron chi connectivity index (χ2n) is 10.4. The Labute approximate surface area is 216 Å². The van der Waals surface area contributed by atoms with Gasteiger partial charge in [-0.1, -0.05) is 49.6 Å². The molecule has 6 heteroatoms. The fraction of sp³-hybridized carbons (Fsp3) is 0.567. The van der Waals surface area contributed by atoms with Gasteiger partial charge >= 0.3 is 0 Å². The van der Waals surface area contributed by atoms with Gasteiger partial charge in [-0.25, -0.2) is 4.39 Å². The fourth-order valence-electron chi connectivity index (χ4n) is 6.31. The quantitative estimate of drug-likeness (QED) is 0.457. The Morgan fingerprint density at radius 3 is 2.36 bits per heavy atom. The van der Waals surface area contributed by atoms with Gasteiger partial charge in [-0.3, -0.25) is 9.69 Å². The van der Waals surface area contributed by atoms with E-state index >= 15 is 4.39 Å². The van der Waals surface area contributed by atoms with E-state index in [1.807, 2.05) is 36.2 Å². The zero-order valence-electron chi connectivity index (χ0n) is 22.2. The van der Waals surface area contributed by atoms with E-state index in [4.69, 9.17) is 4.74 Å². The normalized spacial score (nSPS) is 19.1. The van der Waals surface area contributed by atoms with E-state index in [0.717, 1.165) is 69.0 Å². The van der Waals surface area contributed by atoms with Crippen LogP contribution in [0.5, 0.6) is 5.75 Å². The smallest absolute Gasteiger partial charge is 0.219 e. The van der Waals surface area contributed by atoms with Crippen LogP contribution in [-0.4, -0.2) is 68.6 Å². The summed E-state index contributed by atoms with van der Waals surface area (Å²) in [6.45, 7) is 6.32. The zero-order valence-corrected chi connectivity index (χ0v) is 22.2. The van der Waals surface area contributed by atoms with Gasteiger partial charge in [-0.15, -0.1) is 0 Å². The highest BCUT2D eigenvalue weighted by atomic mass is 19.1. The maximum Gasteiger partial charge on any atom is 0.219 e. The highest BCUT2D eigenvalue weighted by Crippen LogP contribution is 2.39. The summed E-state index contributed by atoms with van der Waals surface area (Å²) in [6, 6.07) is 15.4. The van der Waals surface area contributed by atoms with Crippen molar-refractivity contribution in [2.24, 2.45) is 5.92 Å². The Kier molecular flexibility index (Phi) is 9.24. The van der Waals surface area contributed by atoms with Crippen molar-refractivity contribution in [2.45, 2.75) is 57.4 Å². The summed E-state index contributed by atoms with van der Waals surface area (Å²) in [4.78, 5) is 19.4. The molecular formula is C30H42FN3O2. The van der Waals surface area contributed by atoms with Crippen LogP contribution in [0.15, 0.2) is 48.5 Å². The van der Waals surface area contributed by atoms with Crippen molar-refractivity contribution in [2.75, 3.05) is 51.8 Å². The predicted octanol–water partition coefficient (Wildman–Crippen LogP) is 5.56. The molecule has 196 valence electrons. The second kappa shape index (κ2) is 12.6. The van der Waals surface area contributed by atoms with Gasteiger partial charge in [-0.2, -0.15) is 0 Å². The molecule has 0 aromatic heterocycles. The maximum absolute atomic E-state index is 15.2. The number of methoxy groups -OCH3 is 1. The van der Waals surface area contributed by atoms with Gasteiger partial charge in [0.2, 0.25) is 5.91 Å². The molecule has 1 amide bonds. The molecule has 0 N–H and O–H groups in total. The summed E-state index contributed by atoms with van der Waals surface area (Å²) in [5.74, 6) is 1.22. The summed E-state index contributed by atoms with van der Waals surface area (Å²) in [5, 5.41) is 0. The van der Waals surface area contributed by atoms with Gasteiger partial charge in [-0.05, 0) is 55.5 Å². The Bertz CT molecular complexity index is 986. The van der Waals surface area contributed by atoms with Crippen molar-refractivity contribution in [1.29, 1.82) is 0 Å². The molecule has 1 saturated carbocycles. The number of rotatable bonds is 9. The number of hydrogen-bond donors (Lipinski definition) is 0. The van der Waals surface area contributed by atoms with E-state index in [9.17, 15) is 4.79 Å². The molecule has 2 unspecified atom stereocenters. The third-order valence-corrected chi connectivity index (χ3v) is 8.35. The Balaban J connectivity index is 1.49. The van der Waals surface area contributed by atoms with Crippen molar-refractivity contribution in [3.63, 3.8) is 0 Å². The van der Waals surface area contributed by atoms with Gasteiger partial charge < -0.3 is 14.5 Å². The van der Waals surface area contributed by atoms with Gasteiger partial charge in [0.25, 0.3) is 0 Å². The Morgan fingerprint density at radius 2 is 1.69 bits per heavy atom. The summed E-state index contributed by atoms with van der Waals surface area (Å²) >= 11 is 0. The van der Waals surface area contributed by atoms with E-state index < -0.39 is 0 Å². The highest BCUT2D eigenvalue weighted by Gasteiger charge is 2.37. The van der Waals surface area contributed by atoms with E-state index in [2.05, 4.69) is 21.9 Å². The molecule has 1 saturated heterocycles. The number of piperazine rings is 1. The number of carbonyl (C=O) groups is 1. The van der Waals surface area contributed by atoms with E-state index in [1.165, 1.54) is 19.3 Å². The van der Waals surface area contributed by atoms with Crippen LogP contribution in [0, 0.1) is 11.7 Å². The van der Waals surface area contributed by atoms with Crippen LogP contribution in [0.25, 0.3) is 0 Å². The maximum atomic E-state index is 15.2. The number of halogens is 1. The van der Waals surface area contributed by atoms with Crippen LogP contribution in [0.4, 0.5) is 10.1 Å². The minimum absolute atomic E-state index is 0.0181. The molecule has 1 heterocycles. The first-order valence-electron chi connectivity index (χ1n) is 13.6. The lowest BCUT2D eigenvalue weighted by molar-refractivity contribution is -0.131. The first-order valence-corrected chi connectivity index (χ1v) is 13.6. The predicted molar refractivity (Wildman–Crippen MR) is 144 cm³/mol. The number of carbonyl (C=O) groups excluding carboxylic acids is 1. The molecule has 2 atom stereocenters. The zero-order chi connectivity index (χ0) is 25.5. The van der Waals surface area contributed by atoms with Crippen LogP contribution in [0.2, 0.25) is 0 Å². The van der Waals surface area contributed by atoms with E-state index in [-0.39, 0.29) is 23.7 Å². The van der Waals surface area contributed by atoms with Gasteiger partial charge in [0.15, 0.2) is 0 Å². The molecule has 2 aromatic carbocycles. The summed E-state index contributed by atoms with van der Waals surface area (Å²) in [6.07, 6.45) is 6.72. The van der Waals surface area contributed by atoms with Crippen LogP contribution in [-0.2, 0) is 4.79 Å². The first-order chi connectivity index (χ1) is 17.5. The van der Waals surface area contributed by atoms with Crippen molar-refractivity contribution in [3.8, 4) is 5.75 Å². The molecule has 2 fully saturated rings. The minimum atomic E-state index is -0.152.